The normalized spacial score (nSPS) is 19.6. The van der Waals surface area contributed by atoms with E-state index in [9.17, 15) is 13.7 Å². The highest BCUT2D eigenvalue weighted by atomic mass is 32.2. The van der Waals surface area contributed by atoms with Crippen molar-refractivity contribution in [3.05, 3.63) is 59.2 Å². The number of nitrogens with zero attached hydrogens (tertiary/aromatic N) is 2. The molecule has 2 aromatic rings. The van der Waals surface area contributed by atoms with Crippen LogP contribution in [0.15, 0.2) is 47.4 Å². The smallest absolute Gasteiger partial charge is 0.259 e. The van der Waals surface area contributed by atoms with Gasteiger partial charge in [0.15, 0.2) is 0 Å². The molecular formula is C22H26N2O2S. The number of anilines is 1. The lowest BCUT2D eigenvalue weighted by Crippen LogP contribution is -2.47. The van der Waals surface area contributed by atoms with Gasteiger partial charge in [0.2, 0.25) is 0 Å². The summed E-state index contributed by atoms with van der Waals surface area (Å²) in [5.74, 6) is 0. The van der Waals surface area contributed by atoms with Gasteiger partial charge in [0.05, 0.1) is 28.6 Å². The summed E-state index contributed by atoms with van der Waals surface area (Å²) in [5.41, 5.74) is 3.01. The fourth-order valence-corrected chi connectivity index (χ4v) is 5.54. The number of nitriles is 1. The first-order chi connectivity index (χ1) is 12.5. The third-order valence-corrected chi connectivity index (χ3v) is 7.23. The third kappa shape index (κ3) is 3.35. The Morgan fingerprint density at radius 3 is 2.33 bits per heavy atom. The lowest BCUT2D eigenvalue weighted by atomic mass is 9.85. The van der Waals surface area contributed by atoms with E-state index in [-0.39, 0.29) is 16.7 Å². The van der Waals surface area contributed by atoms with Gasteiger partial charge in [-0.1, -0.05) is 50.6 Å². The average Bonchev–Trinajstić information content (AvgIpc) is 2.86. The van der Waals surface area contributed by atoms with Crippen LogP contribution in [0.5, 0.6) is 0 Å². The van der Waals surface area contributed by atoms with Crippen molar-refractivity contribution in [1.29, 1.82) is 5.26 Å². The summed E-state index contributed by atoms with van der Waals surface area (Å²) >= 11 is 0. The predicted molar refractivity (Wildman–Crippen MR) is 108 cm³/mol. The molecule has 1 atom stereocenters. The quantitative estimate of drug-likeness (QED) is 0.772. The second-order valence-corrected chi connectivity index (χ2v) is 10.5. The highest BCUT2D eigenvalue weighted by Gasteiger charge is 2.47. The van der Waals surface area contributed by atoms with E-state index < -0.39 is 15.6 Å². The van der Waals surface area contributed by atoms with E-state index in [0.29, 0.717) is 12.1 Å². The zero-order valence-corrected chi connectivity index (χ0v) is 17.4. The fraction of sp³-hybridized carbons (Fsp3) is 0.409. The van der Waals surface area contributed by atoms with Gasteiger partial charge in [-0.25, -0.2) is 8.42 Å². The van der Waals surface area contributed by atoms with Crippen molar-refractivity contribution in [2.24, 2.45) is 0 Å². The Kier molecular flexibility index (Phi) is 4.60. The number of sulfonamides is 1. The third-order valence-electron chi connectivity index (χ3n) is 5.24. The summed E-state index contributed by atoms with van der Waals surface area (Å²) in [4.78, 5) is 0.255. The van der Waals surface area contributed by atoms with E-state index in [1.165, 1.54) is 4.31 Å². The van der Waals surface area contributed by atoms with Gasteiger partial charge in [0.1, 0.15) is 0 Å². The number of fused-ring (bicyclic) bond motifs is 1. The van der Waals surface area contributed by atoms with Gasteiger partial charge in [-0.3, -0.25) is 4.31 Å². The van der Waals surface area contributed by atoms with E-state index in [4.69, 9.17) is 0 Å². The molecule has 0 bridgehead atoms. The summed E-state index contributed by atoms with van der Waals surface area (Å²) < 4.78 is 28.5. The average molecular weight is 383 g/mol. The Hall–Kier alpha value is -2.32. The molecular weight excluding hydrogens is 356 g/mol. The van der Waals surface area contributed by atoms with Crippen LogP contribution in [0, 0.1) is 18.3 Å². The molecule has 0 aliphatic carbocycles. The standard InChI is InChI=1S/C22H26N2O2S/c1-16-6-9-19(10-7-16)27(25,26)24-20-11-8-18(21(2,3)4)14-17(20)15-22(24,5)12-13-23/h6-11,14H,12,15H2,1-5H3. The summed E-state index contributed by atoms with van der Waals surface area (Å²) in [6.07, 6.45) is 0.669. The minimum Gasteiger partial charge on any atom is -0.259 e. The van der Waals surface area contributed by atoms with E-state index >= 15 is 0 Å². The van der Waals surface area contributed by atoms with Crippen LogP contribution in [0.3, 0.4) is 0 Å². The molecule has 0 fully saturated rings. The highest BCUT2D eigenvalue weighted by molar-refractivity contribution is 7.93. The molecule has 4 nitrogen and oxygen atoms in total. The minimum atomic E-state index is -3.76. The molecule has 27 heavy (non-hydrogen) atoms. The molecule has 0 saturated carbocycles. The van der Waals surface area contributed by atoms with Crippen LogP contribution in [-0.2, 0) is 21.9 Å². The van der Waals surface area contributed by atoms with Crippen LogP contribution in [0.1, 0.15) is 50.8 Å². The molecule has 2 aromatic carbocycles. The molecule has 0 saturated heterocycles. The molecule has 0 amide bonds. The highest BCUT2D eigenvalue weighted by Crippen LogP contribution is 2.45. The maximum atomic E-state index is 13.5. The lowest BCUT2D eigenvalue weighted by Gasteiger charge is -2.34. The van der Waals surface area contributed by atoms with Crippen LogP contribution >= 0.6 is 0 Å². The maximum Gasteiger partial charge on any atom is 0.264 e. The van der Waals surface area contributed by atoms with E-state index in [1.807, 2.05) is 26.0 Å². The molecule has 1 heterocycles. The molecule has 5 heteroatoms. The van der Waals surface area contributed by atoms with Crippen molar-refractivity contribution in [1.82, 2.24) is 0 Å². The summed E-state index contributed by atoms with van der Waals surface area (Å²) in [6, 6.07) is 15.0. The number of benzene rings is 2. The SMILES string of the molecule is Cc1ccc(S(=O)(=O)N2c3ccc(C(C)(C)C)cc3CC2(C)CC#N)cc1. The number of aryl methyl sites for hydroxylation is 1. The Balaban J connectivity index is 2.18. The van der Waals surface area contributed by atoms with Crippen LogP contribution in [0.2, 0.25) is 0 Å². The molecule has 1 aliphatic heterocycles. The molecule has 0 aromatic heterocycles. The number of hydrogen-bond donors (Lipinski definition) is 0. The molecule has 1 aliphatic rings. The Morgan fingerprint density at radius 1 is 1.15 bits per heavy atom. The molecule has 1 unspecified atom stereocenters. The molecule has 0 spiro atoms. The van der Waals surface area contributed by atoms with E-state index in [1.54, 1.807) is 24.3 Å². The Labute approximate surface area is 162 Å². The van der Waals surface area contributed by atoms with Gasteiger partial charge in [-0.2, -0.15) is 5.26 Å². The van der Waals surface area contributed by atoms with Crippen molar-refractivity contribution in [2.75, 3.05) is 4.31 Å². The van der Waals surface area contributed by atoms with Gasteiger partial charge in [-0.05, 0) is 55.0 Å². The van der Waals surface area contributed by atoms with E-state index in [2.05, 4.69) is 32.9 Å². The van der Waals surface area contributed by atoms with Gasteiger partial charge >= 0.3 is 0 Å². The van der Waals surface area contributed by atoms with Crippen LogP contribution in [-0.4, -0.2) is 14.0 Å². The topological polar surface area (TPSA) is 61.2 Å². The van der Waals surface area contributed by atoms with Gasteiger partial charge in [-0.15, -0.1) is 0 Å². The van der Waals surface area contributed by atoms with Gasteiger partial charge in [0, 0.05) is 0 Å². The van der Waals surface area contributed by atoms with E-state index in [0.717, 1.165) is 16.7 Å². The maximum absolute atomic E-state index is 13.5. The molecule has 0 N–H and O–H groups in total. The van der Waals surface area contributed by atoms with Crippen molar-refractivity contribution >= 4 is 15.7 Å². The zero-order chi connectivity index (χ0) is 20.0. The van der Waals surface area contributed by atoms with Gasteiger partial charge < -0.3 is 0 Å². The van der Waals surface area contributed by atoms with Gasteiger partial charge in [0.25, 0.3) is 10.0 Å². The number of hydrogen-bond acceptors (Lipinski definition) is 3. The van der Waals surface area contributed by atoms with Crippen molar-refractivity contribution in [3.63, 3.8) is 0 Å². The molecule has 3 rings (SSSR count). The van der Waals surface area contributed by atoms with Crippen molar-refractivity contribution in [2.45, 2.75) is 63.3 Å². The predicted octanol–water partition coefficient (Wildman–Crippen LogP) is 4.72. The number of rotatable bonds is 3. The summed E-state index contributed by atoms with van der Waals surface area (Å²) in [7, 11) is -3.76. The molecule has 0 radical (unpaired) electrons. The fourth-order valence-electron chi connectivity index (χ4n) is 3.70. The monoisotopic (exact) mass is 382 g/mol. The van der Waals surface area contributed by atoms with Crippen LogP contribution < -0.4 is 4.31 Å². The van der Waals surface area contributed by atoms with Crippen molar-refractivity contribution < 1.29 is 8.42 Å². The second-order valence-electron chi connectivity index (χ2n) is 8.68. The first-order valence-electron chi connectivity index (χ1n) is 9.11. The minimum absolute atomic E-state index is 0.0239. The first kappa shape index (κ1) is 19.4. The largest absolute Gasteiger partial charge is 0.264 e. The summed E-state index contributed by atoms with van der Waals surface area (Å²) in [5, 5.41) is 9.37. The summed E-state index contributed by atoms with van der Waals surface area (Å²) in [6.45, 7) is 10.2. The lowest BCUT2D eigenvalue weighted by molar-refractivity contribution is 0.489. The zero-order valence-electron chi connectivity index (χ0n) is 16.6. The first-order valence-corrected chi connectivity index (χ1v) is 10.6. The van der Waals surface area contributed by atoms with Crippen LogP contribution in [0.4, 0.5) is 5.69 Å². The second kappa shape index (κ2) is 6.38. The Morgan fingerprint density at radius 2 is 1.78 bits per heavy atom. The Bertz CT molecular complexity index is 1010. The molecule has 142 valence electrons. The van der Waals surface area contributed by atoms with Crippen LogP contribution in [0.25, 0.3) is 0 Å². The van der Waals surface area contributed by atoms with Crippen molar-refractivity contribution in [3.8, 4) is 6.07 Å².